The number of likely N-dealkylation sites (tertiary alicyclic amines) is 1. The predicted octanol–water partition coefficient (Wildman–Crippen LogP) is 6.82. The Morgan fingerprint density at radius 1 is 1.11 bits per heavy atom. The lowest BCUT2D eigenvalue weighted by Gasteiger charge is -2.39. The highest BCUT2D eigenvalue weighted by Crippen LogP contribution is 2.38. The maximum absolute atomic E-state index is 13.2. The van der Waals surface area contributed by atoms with E-state index in [0.717, 1.165) is 62.5 Å². The third kappa shape index (κ3) is 7.26. The van der Waals surface area contributed by atoms with Gasteiger partial charge >= 0.3 is 0 Å². The summed E-state index contributed by atoms with van der Waals surface area (Å²) >= 11 is 0. The number of nitrogens with one attached hydrogen (secondary N) is 1. The van der Waals surface area contributed by atoms with Crippen LogP contribution in [0.25, 0.3) is 0 Å². The molecule has 1 aliphatic heterocycles. The summed E-state index contributed by atoms with van der Waals surface area (Å²) in [4.78, 5) is 7.30. The van der Waals surface area contributed by atoms with E-state index >= 15 is 0 Å². The Balaban J connectivity index is 0.00000176. The fourth-order valence-corrected chi connectivity index (χ4v) is 4.87. The lowest BCUT2D eigenvalue weighted by atomic mass is 9.76. The number of rotatable bonds is 10. The van der Waals surface area contributed by atoms with Crippen molar-refractivity contribution < 1.29 is 8.91 Å². The van der Waals surface area contributed by atoms with E-state index in [2.05, 4.69) is 59.2 Å². The van der Waals surface area contributed by atoms with Crippen LogP contribution < -0.4 is 5.32 Å². The highest BCUT2D eigenvalue weighted by molar-refractivity contribution is 5.21. The second kappa shape index (κ2) is 13.4. The minimum absolute atomic E-state index is 0.0701. The van der Waals surface area contributed by atoms with Crippen molar-refractivity contribution in [2.45, 2.75) is 71.3 Å². The Labute approximate surface area is 215 Å². The van der Waals surface area contributed by atoms with Gasteiger partial charge in [0.25, 0.3) is 0 Å². The van der Waals surface area contributed by atoms with Gasteiger partial charge in [-0.2, -0.15) is 4.98 Å². The number of benzene rings is 2. The second-order valence-electron chi connectivity index (χ2n) is 9.47. The van der Waals surface area contributed by atoms with E-state index in [9.17, 15) is 4.39 Å². The SMILES string of the molecule is C=C(C)NC(CCN1CCC(CC)(c2nc(Cc3ccc(F)cc3)no2)CC1)c1ccccc1.CC. The van der Waals surface area contributed by atoms with Crippen LogP contribution in [0.5, 0.6) is 0 Å². The van der Waals surface area contributed by atoms with E-state index in [0.29, 0.717) is 12.2 Å². The van der Waals surface area contributed by atoms with E-state index in [-0.39, 0.29) is 17.3 Å². The molecule has 1 saturated heterocycles. The van der Waals surface area contributed by atoms with Gasteiger partial charge in [-0.1, -0.05) is 75.0 Å². The van der Waals surface area contributed by atoms with Crippen LogP contribution in [-0.2, 0) is 11.8 Å². The number of nitrogens with zero attached hydrogens (tertiary/aromatic N) is 3. The molecule has 1 unspecified atom stereocenters. The third-order valence-corrected chi connectivity index (χ3v) is 7.04. The molecule has 0 radical (unpaired) electrons. The first kappa shape index (κ1) is 27.6. The summed E-state index contributed by atoms with van der Waals surface area (Å²) in [6.45, 7) is 15.3. The molecule has 6 heteroatoms. The van der Waals surface area contributed by atoms with Crippen molar-refractivity contribution in [2.24, 2.45) is 0 Å². The van der Waals surface area contributed by atoms with Crippen LogP contribution >= 0.6 is 0 Å². The maximum atomic E-state index is 13.2. The molecule has 1 aliphatic rings. The van der Waals surface area contributed by atoms with Gasteiger partial charge in [0.2, 0.25) is 5.89 Å². The van der Waals surface area contributed by atoms with E-state index in [4.69, 9.17) is 9.51 Å². The zero-order chi connectivity index (χ0) is 26.0. The molecule has 36 heavy (non-hydrogen) atoms. The molecular formula is C30H41FN4O. The Kier molecular flexibility index (Phi) is 10.2. The molecule has 0 spiro atoms. The summed E-state index contributed by atoms with van der Waals surface area (Å²) in [6, 6.07) is 17.3. The number of hydrogen-bond acceptors (Lipinski definition) is 5. The molecule has 1 N–H and O–H groups in total. The molecule has 0 aliphatic carbocycles. The van der Waals surface area contributed by atoms with Crippen LogP contribution in [0.1, 0.15) is 82.3 Å². The molecule has 1 atom stereocenters. The minimum atomic E-state index is -0.236. The van der Waals surface area contributed by atoms with Crippen molar-refractivity contribution in [3.63, 3.8) is 0 Å². The summed E-state index contributed by atoms with van der Waals surface area (Å²) in [5.41, 5.74) is 3.19. The standard InChI is InChI=1S/C28H35FN4O.C2H6/c1-4-28(27-31-26(32-34-27)20-22-10-12-24(29)13-11-22)15-18-33(19-16-28)17-14-25(30-21(2)3)23-8-6-5-7-9-23;1-2/h5-13,25,30H,2,4,14-20H2,1,3H3;1-2H3. The van der Waals surface area contributed by atoms with Crippen LogP contribution in [-0.4, -0.2) is 34.7 Å². The lowest BCUT2D eigenvalue weighted by Crippen LogP contribution is -2.43. The number of aromatic nitrogens is 2. The molecule has 1 aromatic heterocycles. The van der Waals surface area contributed by atoms with Crippen LogP contribution in [0.15, 0.2) is 71.4 Å². The van der Waals surface area contributed by atoms with Crippen LogP contribution in [0.2, 0.25) is 0 Å². The van der Waals surface area contributed by atoms with Gasteiger partial charge in [-0.05, 0) is 69.0 Å². The molecule has 0 saturated carbocycles. The highest BCUT2D eigenvalue weighted by atomic mass is 19.1. The third-order valence-electron chi connectivity index (χ3n) is 7.04. The average Bonchev–Trinajstić information content (AvgIpc) is 3.39. The van der Waals surface area contributed by atoms with Gasteiger partial charge in [0, 0.05) is 18.7 Å². The number of hydrogen-bond donors (Lipinski definition) is 1. The number of halogens is 1. The van der Waals surface area contributed by atoms with Gasteiger partial charge < -0.3 is 14.7 Å². The van der Waals surface area contributed by atoms with Gasteiger partial charge in [0.15, 0.2) is 5.82 Å². The van der Waals surface area contributed by atoms with Crippen molar-refractivity contribution in [1.82, 2.24) is 20.4 Å². The molecular weight excluding hydrogens is 451 g/mol. The van der Waals surface area contributed by atoms with Crippen molar-refractivity contribution in [1.29, 1.82) is 0 Å². The van der Waals surface area contributed by atoms with Gasteiger partial charge in [-0.3, -0.25) is 0 Å². The molecule has 2 heterocycles. The number of allylic oxidation sites excluding steroid dienone is 1. The largest absolute Gasteiger partial charge is 0.382 e. The Bertz CT molecular complexity index is 1060. The first-order valence-electron chi connectivity index (χ1n) is 13.2. The maximum Gasteiger partial charge on any atom is 0.232 e. The zero-order valence-electron chi connectivity index (χ0n) is 22.3. The van der Waals surface area contributed by atoms with Gasteiger partial charge in [-0.25, -0.2) is 4.39 Å². The molecule has 5 nitrogen and oxygen atoms in total. The fourth-order valence-electron chi connectivity index (χ4n) is 4.87. The van der Waals surface area contributed by atoms with E-state index < -0.39 is 0 Å². The lowest BCUT2D eigenvalue weighted by molar-refractivity contribution is 0.124. The van der Waals surface area contributed by atoms with Gasteiger partial charge in [-0.15, -0.1) is 0 Å². The topological polar surface area (TPSA) is 54.2 Å². The van der Waals surface area contributed by atoms with E-state index in [1.807, 2.05) is 20.8 Å². The summed E-state index contributed by atoms with van der Waals surface area (Å²) in [5, 5.41) is 7.77. The van der Waals surface area contributed by atoms with Crippen LogP contribution in [0.4, 0.5) is 4.39 Å². The monoisotopic (exact) mass is 492 g/mol. The second-order valence-corrected chi connectivity index (χ2v) is 9.47. The molecule has 0 bridgehead atoms. The molecule has 1 fully saturated rings. The van der Waals surface area contributed by atoms with Crippen molar-refractivity contribution in [3.05, 3.63) is 95.5 Å². The van der Waals surface area contributed by atoms with Crippen molar-refractivity contribution >= 4 is 0 Å². The van der Waals surface area contributed by atoms with Crippen LogP contribution in [0, 0.1) is 5.82 Å². The van der Waals surface area contributed by atoms with E-state index in [1.165, 1.54) is 17.7 Å². The molecule has 4 rings (SSSR count). The molecule has 2 aromatic carbocycles. The summed E-state index contributed by atoms with van der Waals surface area (Å²) in [5.74, 6) is 1.17. The highest BCUT2D eigenvalue weighted by Gasteiger charge is 2.39. The Hall–Kier alpha value is -2.99. The zero-order valence-corrected chi connectivity index (χ0v) is 22.3. The fraction of sp³-hybridized carbons (Fsp3) is 0.467. The normalized spacial score (nSPS) is 16.0. The summed E-state index contributed by atoms with van der Waals surface area (Å²) in [6.07, 6.45) is 4.56. The summed E-state index contributed by atoms with van der Waals surface area (Å²) in [7, 11) is 0. The first-order valence-corrected chi connectivity index (χ1v) is 13.2. The molecule has 3 aromatic rings. The quantitative estimate of drug-likeness (QED) is 0.336. The minimum Gasteiger partial charge on any atom is -0.382 e. The molecule has 194 valence electrons. The number of piperidine rings is 1. The molecule has 0 amide bonds. The first-order chi connectivity index (χ1) is 17.5. The Morgan fingerprint density at radius 3 is 2.39 bits per heavy atom. The average molecular weight is 493 g/mol. The Morgan fingerprint density at radius 2 is 1.78 bits per heavy atom. The summed E-state index contributed by atoms with van der Waals surface area (Å²) < 4.78 is 18.9. The van der Waals surface area contributed by atoms with Gasteiger partial charge in [0.05, 0.1) is 11.5 Å². The van der Waals surface area contributed by atoms with Crippen molar-refractivity contribution in [2.75, 3.05) is 19.6 Å². The predicted molar refractivity (Wildman–Crippen MR) is 144 cm³/mol. The smallest absolute Gasteiger partial charge is 0.232 e. The van der Waals surface area contributed by atoms with Gasteiger partial charge in [0.1, 0.15) is 5.82 Å². The van der Waals surface area contributed by atoms with E-state index in [1.54, 1.807) is 12.1 Å². The van der Waals surface area contributed by atoms with Crippen molar-refractivity contribution in [3.8, 4) is 0 Å². The van der Waals surface area contributed by atoms with Crippen LogP contribution in [0.3, 0.4) is 0 Å².